The van der Waals surface area contributed by atoms with Gasteiger partial charge < -0.3 is 0 Å². The summed E-state index contributed by atoms with van der Waals surface area (Å²) < 4.78 is 5.58. The van der Waals surface area contributed by atoms with Crippen molar-refractivity contribution >= 4 is 5.78 Å². The van der Waals surface area contributed by atoms with Crippen LogP contribution in [0, 0.1) is 6.92 Å². The van der Waals surface area contributed by atoms with Crippen LogP contribution in [0.5, 0.6) is 0 Å². The Morgan fingerprint density at radius 2 is 1.39 bits per heavy atom. The Labute approximate surface area is 218 Å². The molecule has 0 aliphatic carbocycles. The fraction of sp³-hybridized carbons (Fsp3) is 0.0333. The van der Waals surface area contributed by atoms with E-state index in [4.69, 9.17) is 10.1 Å². The number of hydrogen-bond acceptors (Lipinski definition) is 5. The van der Waals surface area contributed by atoms with E-state index in [1.807, 2.05) is 107 Å². The number of fused-ring (bicyclic) bond motifs is 1. The van der Waals surface area contributed by atoms with Gasteiger partial charge in [0.2, 0.25) is 0 Å². The largest absolute Gasteiger partial charge is 0.253 e. The highest BCUT2D eigenvalue weighted by atomic mass is 15.3. The van der Waals surface area contributed by atoms with Gasteiger partial charge in [-0.2, -0.15) is 24.8 Å². The summed E-state index contributed by atoms with van der Waals surface area (Å²) >= 11 is 0. The van der Waals surface area contributed by atoms with Gasteiger partial charge in [0.25, 0.3) is 5.78 Å². The summed E-state index contributed by atoms with van der Waals surface area (Å²) in [6, 6.07) is 32.4. The van der Waals surface area contributed by atoms with Crippen LogP contribution in [0.1, 0.15) is 5.69 Å². The van der Waals surface area contributed by atoms with Crippen LogP contribution in [0.15, 0.2) is 116 Å². The van der Waals surface area contributed by atoms with Gasteiger partial charge >= 0.3 is 0 Å². The average molecular weight is 495 g/mol. The number of rotatable bonds is 5. The zero-order valence-corrected chi connectivity index (χ0v) is 20.5. The van der Waals surface area contributed by atoms with Crippen molar-refractivity contribution in [2.45, 2.75) is 6.92 Å². The third kappa shape index (κ3) is 3.67. The summed E-state index contributed by atoms with van der Waals surface area (Å²) in [5.74, 6) is 0.510. The summed E-state index contributed by atoms with van der Waals surface area (Å²) in [5, 5.41) is 14.1. The first-order chi connectivity index (χ1) is 18.8. The summed E-state index contributed by atoms with van der Waals surface area (Å²) in [4.78, 5) is 9.33. The monoisotopic (exact) mass is 494 g/mol. The van der Waals surface area contributed by atoms with E-state index in [0.29, 0.717) is 5.78 Å². The standard InChI is InChI=1S/C30H22N8/c1-21-25(18-32-37(21)24-15-9-4-10-16-24)28-17-27(34-30-31-20-33-38(28)30)26-19-36(23-13-7-3-8-14-23)35-29(26)22-11-5-2-6-12-22/h2-20H,1H3. The van der Waals surface area contributed by atoms with Gasteiger partial charge in [0.1, 0.15) is 12.0 Å². The van der Waals surface area contributed by atoms with E-state index in [1.54, 1.807) is 4.52 Å². The molecule has 0 spiro atoms. The Morgan fingerprint density at radius 3 is 2.13 bits per heavy atom. The number of benzene rings is 3. The zero-order valence-electron chi connectivity index (χ0n) is 20.5. The minimum atomic E-state index is 0.510. The molecule has 4 heterocycles. The van der Waals surface area contributed by atoms with E-state index in [-0.39, 0.29) is 0 Å². The number of nitrogens with zero attached hydrogens (tertiary/aromatic N) is 8. The lowest BCUT2D eigenvalue weighted by Crippen LogP contribution is -2.01. The summed E-state index contributed by atoms with van der Waals surface area (Å²) in [6.07, 6.45) is 5.42. The number of hydrogen-bond donors (Lipinski definition) is 0. The van der Waals surface area contributed by atoms with Crippen LogP contribution in [0.25, 0.3) is 50.9 Å². The highest BCUT2D eigenvalue weighted by Gasteiger charge is 2.20. The molecule has 182 valence electrons. The topological polar surface area (TPSA) is 78.7 Å². The lowest BCUT2D eigenvalue weighted by atomic mass is 10.0. The van der Waals surface area contributed by atoms with Crippen molar-refractivity contribution in [1.29, 1.82) is 0 Å². The van der Waals surface area contributed by atoms with Gasteiger partial charge in [-0.1, -0.05) is 66.7 Å². The smallest absolute Gasteiger partial charge is 0.240 e. The van der Waals surface area contributed by atoms with Crippen LogP contribution in [-0.4, -0.2) is 39.1 Å². The van der Waals surface area contributed by atoms with E-state index in [9.17, 15) is 0 Å². The highest BCUT2D eigenvalue weighted by Crippen LogP contribution is 2.34. The lowest BCUT2D eigenvalue weighted by Gasteiger charge is -2.09. The quantitative estimate of drug-likeness (QED) is 0.302. The number of para-hydroxylation sites is 2. The Bertz CT molecular complexity index is 1870. The molecule has 0 amide bonds. The van der Waals surface area contributed by atoms with E-state index in [1.165, 1.54) is 6.33 Å². The second-order valence-electron chi connectivity index (χ2n) is 8.93. The predicted octanol–water partition coefficient (Wildman–Crippen LogP) is 5.81. The fourth-order valence-electron chi connectivity index (χ4n) is 4.72. The highest BCUT2D eigenvalue weighted by molar-refractivity contribution is 5.81. The Kier molecular flexibility index (Phi) is 5.14. The lowest BCUT2D eigenvalue weighted by molar-refractivity contribution is 0.847. The fourth-order valence-corrected chi connectivity index (χ4v) is 4.72. The van der Waals surface area contributed by atoms with Crippen molar-refractivity contribution in [3.05, 3.63) is 121 Å². The first-order valence-electron chi connectivity index (χ1n) is 12.3. The first kappa shape index (κ1) is 21.9. The molecular weight excluding hydrogens is 472 g/mol. The molecule has 0 aliphatic heterocycles. The van der Waals surface area contributed by atoms with Crippen LogP contribution in [0.2, 0.25) is 0 Å². The van der Waals surface area contributed by atoms with Gasteiger partial charge in [-0.15, -0.1) is 0 Å². The minimum Gasteiger partial charge on any atom is -0.240 e. The normalized spacial score (nSPS) is 11.3. The molecular formula is C30H22N8. The van der Waals surface area contributed by atoms with Crippen molar-refractivity contribution in [2.24, 2.45) is 0 Å². The molecule has 0 N–H and O–H groups in total. The van der Waals surface area contributed by atoms with E-state index >= 15 is 0 Å². The molecule has 0 atom stereocenters. The van der Waals surface area contributed by atoms with Gasteiger partial charge in [0.05, 0.1) is 34.7 Å². The molecule has 7 rings (SSSR count). The maximum absolute atomic E-state index is 4.98. The Balaban J connectivity index is 1.44. The van der Waals surface area contributed by atoms with Gasteiger partial charge in [-0.05, 0) is 37.3 Å². The molecule has 0 saturated heterocycles. The van der Waals surface area contributed by atoms with Crippen molar-refractivity contribution in [3.63, 3.8) is 0 Å². The summed E-state index contributed by atoms with van der Waals surface area (Å²) in [5.41, 5.74) is 8.28. The predicted molar refractivity (Wildman–Crippen MR) is 146 cm³/mol. The van der Waals surface area contributed by atoms with Crippen molar-refractivity contribution < 1.29 is 0 Å². The minimum absolute atomic E-state index is 0.510. The molecule has 4 aromatic heterocycles. The average Bonchev–Trinajstić information content (AvgIpc) is 3.72. The van der Waals surface area contributed by atoms with Gasteiger partial charge in [0.15, 0.2) is 0 Å². The Morgan fingerprint density at radius 1 is 0.711 bits per heavy atom. The Hall–Kier alpha value is -5.37. The van der Waals surface area contributed by atoms with E-state index in [2.05, 4.69) is 34.2 Å². The van der Waals surface area contributed by atoms with Gasteiger partial charge in [-0.25, -0.2) is 14.3 Å². The molecule has 0 saturated carbocycles. The maximum atomic E-state index is 4.98. The second-order valence-corrected chi connectivity index (χ2v) is 8.93. The molecule has 0 unspecified atom stereocenters. The molecule has 8 heteroatoms. The van der Waals surface area contributed by atoms with Crippen LogP contribution in [0.3, 0.4) is 0 Å². The zero-order chi connectivity index (χ0) is 25.5. The van der Waals surface area contributed by atoms with Crippen molar-refractivity contribution in [1.82, 2.24) is 39.1 Å². The molecule has 3 aromatic carbocycles. The van der Waals surface area contributed by atoms with Crippen LogP contribution in [0.4, 0.5) is 0 Å². The molecule has 0 aliphatic rings. The third-order valence-corrected chi connectivity index (χ3v) is 6.60. The SMILES string of the molecule is Cc1c(-c2cc(-c3cn(-c4ccccc4)nc3-c3ccccc3)nc3ncnn23)cnn1-c1ccccc1. The van der Waals surface area contributed by atoms with Crippen LogP contribution >= 0.6 is 0 Å². The van der Waals surface area contributed by atoms with Crippen molar-refractivity contribution in [2.75, 3.05) is 0 Å². The maximum Gasteiger partial charge on any atom is 0.253 e. The van der Waals surface area contributed by atoms with Crippen molar-refractivity contribution in [3.8, 4) is 45.1 Å². The molecule has 38 heavy (non-hydrogen) atoms. The molecule has 0 radical (unpaired) electrons. The number of aromatic nitrogens is 8. The summed E-state index contributed by atoms with van der Waals surface area (Å²) in [6.45, 7) is 2.06. The van der Waals surface area contributed by atoms with Crippen LogP contribution < -0.4 is 0 Å². The summed E-state index contributed by atoms with van der Waals surface area (Å²) in [7, 11) is 0. The van der Waals surface area contributed by atoms with E-state index in [0.717, 1.165) is 50.8 Å². The third-order valence-electron chi connectivity index (χ3n) is 6.60. The van der Waals surface area contributed by atoms with Crippen LogP contribution in [-0.2, 0) is 0 Å². The van der Waals surface area contributed by atoms with E-state index < -0.39 is 0 Å². The molecule has 0 fully saturated rings. The molecule has 7 aromatic rings. The molecule has 0 bridgehead atoms. The van der Waals surface area contributed by atoms with Gasteiger partial charge in [-0.3, -0.25) is 0 Å². The first-order valence-corrected chi connectivity index (χ1v) is 12.3. The van der Waals surface area contributed by atoms with Gasteiger partial charge in [0, 0.05) is 22.9 Å². The molecule has 8 nitrogen and oxygen atoms in total. The second kappa shape index (κ2) is 8.94.